The number of para-hydroxylation sites is 4. The van der Waals surface area contributed by atoms with Crippen molar-refractivity contribution in [2.24, 2.45) is 0 Å². The molecule has 0 aliphatic carbocycles. The Bertz CT molecular complexity index is 746. The summed E-state index contributed by atoms with van der Waals surface area (Å²) in [5.74, 6) is -0.725. The third-order valence-electron chi connectivity index (χ3n) is 3.42. The van der Waals surface area contributed by atoms with Gasteiger partial charge in [-0.15, -0.1) is 0 Å². The molecule has 7 nitrogen and oxygen atoms in total. The van der Waals surface area contributed by atoms with Gasteiger partial charge in [0.15, 0.2) is 0 Å². The molecule has 1 N–H and O–H groups in total. The largest absolute Gasteiger partial charge is 0.478 e. The smallest absolute Gasteiger partial charge is 0.346 e. The number of aliphatic carboxylic acids is 1. The molecule has 0 saturated carbocycles. The number of nitrogens with zero attached hydrogens (tertiary/aromatic N) is 2. The first-order chi connectivity index (χ1) is 10.6. The molecule has 1 aliphatic heterocycles. The van der Waals surface area contributed by atoms with Crippen LogP contribution in [-0.2, 0) is 4.79 Å². The number of ether oxygens (including phenoxy) is 1. The summed E-state index contributed by atoms with van der Waals surface area (Å²) in [6.45, 7) is -0.00278. The second-order valence-corrected chi connectivity index (χ2v) is 4.77. The van der Waals surface area contributed by atoms with Crippen molar-refractivity contribution in [1.82, 2.24) is 0 Å². The fraction of sp³-hybridized carbons (Fsp3) is 0.133. The summed E-state index contributed by atoms with van der Waals surface area (Å²) in [5.41, 5.74) is 0.868. The Hall–Kier alpha value is -3.09. The van der Waals surface area contributed by atoms with Crippen molar-refractivity contribution < 1.29 is 19.6 Å². The second kappa shape index (κ2) is 5.36. The summed E-state index contributed by atoms with van der Waals surface area (Å²) >= 11 is 0. The van der Waals surface area contributed by atoms with E-state index in [0.29, 0.717) is 17.1 Å². The van der Waals surface area contributed by atoms with Crippen molar-refractivity contribution in [2.75, 3.05) is 11.4 Å². The maximum atomic E-state index is 11.3. The van der Waals surface area contributed by atoms with Crippen LogP contribution in [0, 0.1) is 10.1 Å². The molecule has 0 saturated heterocycles. The number of hydrogen-bond donors (Lipinski definition) is 1. The molecule has 2 aromatic rings. The Morgan fingerprint density at radius 1 is 1.18 bits per heavy atom. The summed E-state index contributed by atoms with van der Waals surface area (Å²) in [6.07, 6.45) is -1.09. The lowest BCUT2D eigenvalue weighted by molar-refractivity contribution is -0.384. The van der Waals surface area contributed by atoms with E-state index >= 15 is 0 Å². The van der Waals surface area contributed by atoms with Crippen LogP contribution in [0.1, 0.15) is 0 Å². The first kappa shape index (κ1) is 13.9. The number of carbonyl (C=O) groups is 1. The van der Waals surface area contributed by atoms with Gasteiger partial charge in [-0.05, 0) is 18.2 Å². The normalized spacial score (nSPS) is 16.5. The Morgan fingerprint density at radius 2 is 1.82 bits per heavy atom. The van der Waals surface area contributed by atoms with Gasteiger partial charge < -0.3 is 14.7 Å². The number of anilines is 2. The molecule has 7 heteroatoms. The number of rotatable bonds is 3. The van der Waals surface area contributed by atoms with Crippen LogP contribution in [0.25, 0.3) is 0 Å². The van der Waals surface area contributed by atoms with Gasteiger partial charge >= 0.3 is 5.97 Å². The first-order valence-corrected chi connectivity index (χ1v) is 6.57. The van der Waals surface area contributed by atoms with Crippen molar-refractivity contribution in [2.45, 2.75) is 6.10 Å². The zero-order chi connectivity index (χ0) is 15.7. The third kappa shape index (κ3) is 2.32. The Kier molecular flexibility index (Phi) is 3.38. The third-order valence-corrected chi connectivity index (χ3v) is 3.42. The minimum atomic E-state index is -1.11. The van der Waals surface area contributed by atoms with E-state index in [1.807, 2.05) is 0 Å². The van der Waals surface area contributed by atoms with E-state index in [9.17, 15) is 20.0 Å². The summed E-state index contributed by atoms with van der Waals surface area (Å²) < 4.78 is 5.43. The fourth-order valence-corrected chi connectivity index (χ4v) is 2.44. The molecule has 1 atom stereocenters. The highest BCUT2D eigenvalue weighted by molar-refractivity contribution is 5.81. The lowest BCUT2D eigenvalue weighted by atomic mass is 10.1. The number of hydrogen-bond acceptors (Lipinski definition) is 5. The molecule has 22 heavy (non-hydrogen) atoms. The summed E-state index contributed by atoms with van der Waals surface area (Å²) in [4.78, 5) is 23.6. The quantitative estimate of drug-likeness (QED) is 0.691. The topological polar surface area (TPSA) is 92.9 Å². The predicted octanol–water partition coefficient (Wildman–Crippen LogP) is 2.58. The van der Waals surface area contributed by atoms with Crippen molar-refractivity contribution >= 4 is 23.0 Å². The number of carboxylic acids is 1. The monoisotopic (exact) mass is 300 g/mol. The molecular weight excluding hydrogens is 288 g/mol. The minimum Gasteiger partial charge on any atom is -0.478 e. The average molecular weight is 300 g/mol. The summed E-state index contributed by atoms with van der Waals surface area (Å²) in [6, 6.07) is 13.1. The molecule has 1 aliphatic rings. The van der Waals surface area contributed by atoms with Crippen molar-refractivity contribution in [3.8, 4) is 5.75 Å². The molecule has 0 fully saturated rings. The molecule has 0 radical (unpaired) electrons. The maximum Gasteiger partial charge on any atom is 0.346 e. The van der Waals surface area contributed by atoms with Crippen LogP contribution < -0.4 is 9.64 Å². The summed E-state index contributed by atoms with van der Waals surface area (Å²) in [7, 11) is 0. The highest BCUT2D eigenvalue weighted by Gasteiger charge is 2.33. The Balaban J connectivity index is 2.13. The lowest BCUT2D eigenvalue weighted by Crippen LogP contribution is -2.42. The molecule has 0 spiro atoms. The van der Waals surface area contributed by atoms with E-state index in [0.717, 1.165) is 0 Å². The van der Waals surface area contributed by atoms with Crippen LogP contribution in [0.3, 0.4) is 0 Å². The molecule has 112 valence electrons. The number of benzene rings is 2. The molecule has 0 bridgehead atoms. The first-order valence-electron chi connectivity index (χ1n) is 6.57. The number of nitro benzene ring substituents is 1. The SMILES string of the molecule is O=C(O)C1CN(c2ccccc2[N+](=O)[O-])c2ccccc2O1. The fourth-order valence-electron chi connectivity index (χ4n) is 2.44. The zero-order valence-electron chi connectivity index (χ0n) is 11.4. The second-order valence-electron chi connectivity index (χ2n) is 4.77. The highest BCUT2D eigenvalue weighted by atomic mass is 16.6. The minimum absolute atomic E-state index is 0.00278. The molecular formula is C15H12N2O5. The van der Waals surface area contributed by atoms with Crippen LogP contribution in [0.4, 0.5) is 17.1 Å². The van der Waals surface area contributed by atoms with Gasteiger partial charge in [-0.3, -0.25) is 10.1 Å². The van der Waals surface area contributed by atoms with E-state index in [-0.39, 0.29) is 12.2 Å². The van der Waals surface area contributed by atoms with Gasteiger partial charge in [-0.2, -0.15) is 0 Å². The van der Waals surface area contributed by atoms with Crippen molar-refractivity contribution in [3.63, 3.8) is 0 Å². The maximum absolute atomic E-state index is 11.3. The standard InChI is InChI=1S/C15H12N2O5/c18-15(19)14-9-16(12-7-3-4-8-13(12)22-14)10-5-1-2-6-11(10)17(20)21/h1-8,14H,9H2,(H,18,19). The van der Waals surface area contributed by atoms with Gasteiger partial charge in [0, 0.05) is 6.07 Å². The van der Waals surface area contributed by atoms with Gasteiger partial charge in [0.1, 0.15) is 11.4 Å². The van der Waals surface area contributed by atoms with Crippen molar-refractivity contribution in [3.05, 3.63) is 58.6 Å². The average Bonchev–Trinajstić information content (AvgIpc) is 2.53. The lowest BCUT2D eigenvalue weighted by Gasteiger charge is -2.34. The molecule has 1 unspecified atom stereocenters. The van der Waals surface area contributed by atoms with Gasteiger partial charge in [-0.1, -0.05) is 24.3 Å². The Morgan fingerprint density at radius 3 is 2.50 bits per heavy atom. The molecule has 3 rings (SSSR count). The van der Waals surface area contributed by atoms with Crippen LogP contribution >= 0.6 is 0 Å². The van der Waals surface area contributed by atoms with Gasteiger partial charge in [0.2, 0.25) is 6.10 Å². The van der Waals surface area contributed by atoms with E-state index in [4.69, 9.17) is 4.74 Å². The van der Waals surface area contributed by atoms with E-state index in [2.05, 4.69) is 0 Å². The van der Waals surface area contributed by atoms with E-state index in [1.54, 1.807) is 47.4 Å². The highest BCUT2D eigenvalue weighted by Crippen LogP contribution is 2.41. The summed E-state index contributed by atoms with van der Waals surface area (Å²) in [5, 5.41) is 20.4. The van der Waals surface area contributed by atoms with Crippen LogP contribution in [0.2, 0.25) is 0 Å². The predicted molar refractivity (Wildman–Crippen MR) is 78.6 cm³/mol. The van der Waals surface area contributed by atoms with E-state index in [1.165, 1.54) is 6.07 Å². The van der Waals surface area contributed by atoms with Gasteiger partial charge in [0.05, 0.1) is 17.2 Å². The van der Waals surface area contributed by atoms with E-state index < -0.39 is 17.0 Å². The number of fused-ring (bicyclic) bond motifs is 1. The zero-order valence-corrected chi connectivity index (χ0v) is 11.4. The number of nitro groups is 1. The Labute approximate surface area is 125 Å². The van der Waals surface area contributed by atoms with Crippen molar-refractivity contribution in [1.29, 1.82) is 0 Å². The molecule has 0 aromatic heterocycles. The van der Waals surface area contributed by atoms with Gasteiger partial charge in [-0.25, -0.2) is 4.79 Å². The number of carboxylic acid groups (broad SMARTS) is 1. The molecule has 1 heterocycles. The van der Waals surface area contributed by atoms with Crippen LogP contribution in [-0.4, -0.2) is 28.6 Å². The van der Waals surface area contributed by atoms with Gasteiger partial charge in [0.25, 0.3) is 5.69 Å². The molecule has 0 amide bonds. The van der Waals surface area contributed by atoms with Crippen LogP contribution in [0.5, 0.6) is 5.75 Å². The molecule has 2 aromatic carbocycles. The van der Waals surface area contributed by atoms with Crippen LogP contribution in [0.15, 0.2) is 48.5 Å².